The van der Waals surface area contributed by atoms with Crippen LogP contribution >= 0.6 is 11.8 Å². The molecule has 0 amide bonds. The second-order valence-electron chi connectivity index (χ2n) is 2.09. The van der Waals surface area contributed by atoms with Crippen molar-refractivity contribution in [3.8, 4) is 12.3 Å². The van der Waals surface area contributed by atoms with E-state index < -0.39 is 0 Å². The second kappa shape index (κ2) is 3.81. The third-order valence-electron chi connectivity index (χ3n) is 1.42. The Morgan fingerprint density at radius 3 is 2.67 bits per heavy atom. The van der Waals surface area contributed by atoms with Crippen molar-refractivity contribution < 1.29 is 0 Å². The average Bonchev–Trinajstić information content (AvgIpc) is 1.91. The van der Waals surface area contributed by atoms with Crippen molar-refractivity contribution in [1.29, 1.82) is 0 Å². The molecule has 0 aromatic rings. The minimum absolute atomic E-state index is 0.834. The van der Waals surface area contributed by atoms with Crippen LogP contribution in [0.25, 0.3) is 0 Å². The molecule has 1 rings (SSSR count). The molecule has 0 atom stereocenters. The lowest BCUT2D eigenvalue weighted by molar-refractivity contribution is 0.341. The van der Waals surface area contributed by atoms with Crippen LogP contribution < -0.4 is 0 Å². The van der Waals surface area contributed by atoms with Gasteiger partial charge >= 0.3 is 0 Å². The molecule has 0 N–H and O–H groups in total. The quantitative estimate of drug-likeness (QED) is 0.494. The van der Waals surface area contributed by atoms with Crippen LogP contribution in [0.15, 0.2) is 0 Å². The smallest absolute Gasteiger partial charge is 0.0599 e. The first-order valence-electron chi connectivity index (χ1n) is 3.17. The average molecular weight is 141 g/mol. The highest BCUT2D eigenvalue weighted by Gasteiger charge is 2.07. The van der Waals surface area contributed by atoms with Crippen molar-refractivity contribution in [2.45, 2.75) is 0 Å². The van der Waals surface area contributed by atoms with Crippen LogP contribution in [-0.2, 0) is 0 Å². The maximum atomic E-state index is 5.16. The summed E-state index contributed by atoms with van der Waals surface area (Å²) in [6.45, 7) is 3.18. The molecule has 0 aliphatic carbocycles. The van der Waals surface area contributed by atoms with E-state index in [1.54, 1.807) is 0 Å². The van der Waals surface area contributed by atoms with Gasteiger partial charge in [-0.1, -0.05) is 5.92 Å². The number of hydrogen-bond donors (Lipinski definition) is 0. The molecule has 0 unspecified atom stereocenters. The van der Waals surface area contributed by atoms with Crippen LogP contribution in [0.4, 0.5) is 0 Å². The zero-order chi connectivity index (χ0) is 6.53. The molecule has 0 saturated carbocycles. The molecule has 0 aromatic heterocycles. The minimum Gasteiger partial charge on any atom is -0.291 e. The topological polar surface area (TPSA) is 3.24 Å². The molecular formula is C7H11NS. The maximum absolute atomic E-state index is 5.16. The molecule has 9 heavy (non-hydrogen) atoms. The lowest BCUT2D eigenvalue weighted by atomic mass is 10.5. The molecule has 0 bridgehead atoms. The van der Waals surface area contributed by atoms with Gasteiger partial charge in [0.25, 0.3) is 0 Å². The molecule has 1 aliphatic rings. The largest absolute Gasteiger partial charge is 0.291 e. The Kier molecular flexibility index (Phi) is 2.96. The Morgan fingerprint density at radius 2 is 2.11 bits per heavy atom. The summed E-state index contributed by atoms with van der Waals surface area (Å²) in [5, 5.41) is 0. The SMILES string of the molecule is C#CCN1CCSCC1. The number of rotatable bonds is 1. The zero-order valence-corrected chi connectivity index (χ0v) is 6.28. The lowest BCUT2D eigenvalue weighted by Crippen LogP contribution is -2.32. The predicted molar refractivity (Wildman–Crippen MR) is 42.6 cm³/mol. The van der Waals surface area contributed by atoms with E-state index in [0.717, 1.165) is 6.54 Å². The molecule has 2 heteroatoms. The molecule has 1 fully saturated rings. The Bertz CT molecular complexity index is 111. The fourth-order valence-electron chi connectivity index (χ4n) is 0.888. The van der Waals surface area contributed by atoms with Crippen molar-refractivity contribution in [3.05, 3.63) is 0 Å². The molecule has 50 valence electrons. The van der Waals surface area contributed by atoms with Gasteiger partial charge in [-0.2, -0.15) is 11.8 Å². The highest BCUT2D eigenvalue weighted by molar-refractivity contribution is 7.99. The number of hydrogen-bond acceptors (Lipinski definition) is 2. The molecule has 1 aliphatic heterocycles. The highest BCUT2D eigenvalue weighted by atomic mass is 32.2. The third kappa shape index (κ3) is 2.30. The first-order chi connectivity index (χ1) is 4.43. The highest BCUT2D eigenvalue weighted by Crippen LogP contribution is 2.07. The summed E-state index contributed by atoms with van der Waals surface area (Å²) in [6.07, 6.45) is 5.16. The number of nitrogens with zero attached hydrogens (tertiary/aromatic N) is 1. The summed E-state index contributed by atoms with van der Waals surface area (Å²) < 4.78 is 0. The fourth-order valence-corrected chi connectivity index (χ4v) is 1.87. The van der Waals surface area contributed by atoms with Gasteiger partial charge in [-0.3, -0.25) is 4.90 Å². The summed E-state index contributed by atoms with van der Waals surface area (Å²) in [6, 6.07) is 0. The van der Waals surface area contributed by atoms with E-state index in [-0.39, 0.29) is 0 Å². The fraction of sp³-hybridized carbons (Fsp3) is 0.714. The van der Waals surface area contributed by atoms with Crippen LogP contribution in [0.1, 0.15) is 0 Å². The van der Waals surface area contributed by atoms with E-state index in [0.29, 0.717) is 0 Å². The Balaban J connectivity index is 2.17. The van der Waals surface area contributed by atoms with Gasteiger partial charge in [0, 0.05) is 24.6 Å². The molecule has 0 aromatic carbocycles. The normalized spacial score (nSPS) is 21.2. The molecule has 1 heterocycles. The summed E-state index contributed by atoms with van der Waals surface area (Å²) >= 11 is 2.01. The molecule has 1 saturated heterocycles. The van der Waals surface area contributed by atoms with Gasteiger partial charge in [0.05, 0.1) is 6.54 Å². The van der Waals surface area contributed by atoms with Gasteiger partial charge in [-0.15, -0.1) is 6.42 Å². The van der Waals surface area contributed by atoms with E-state index in [4.69, 9.17) is 6.42 Å². The van der Waals surface area contributed by atoms with Crippen molar-refractivity contribution in [2.75, 3.05) is 31.1 Å². The summed E-state index contributed by atoms with van der Waals surface area (Å²) in [4.78, 5) is 2.32. The van der Waals surface area contributed by atoms with Crippen LogP contribution in [0.2, 0.25) is 0 Å². The monoisotopic (exact) mass is 141 g/mol. The van der Waals surface area contributed by atoms with Crippen LogP contribution in [0.5, 0.6) is 0 Å². The van der Waals surface area contributed by atoms with Gasteiger partial charge in [-0.05, 0) is 0 Å². The summed E-state index contributed by atoms with van der Waals surface area (Å²) in [5.74, 6) is 5.16. The van der Waals surface area contributed by atoms with E-state index >= 15 is 0 Å². The third-order valence-corrected chi connectivity index (χ3v) is 2.36. The van der Waals surface area contributed by atoms with Gasteiger partial charge < -0.3 is 0 Å². The Hall–Kier alpha value is -0.130. The Morgan fingerprint density at radius 1 is 1.44 bits per heavy atom. The molecular weight excluding hydrogens is 130 g/mol. The van der Waals surface area contributed by atoms with E-state index in [2.05, 4.69) is 10.8 Å². The predicted octanol–water partition coefficient (Wildman–Crippen LogP) is 0.668. The van der Waals surface area contributed by atoms with Gasteiger partial charge in [-0.25, -0.2) is 0 Å². The van der Waals surface area contributed by atoms with Crippen LogP contribution in [0, 0.1) is 12.3 Å². The van der Waals surface area contributed by atoms with E-state index in [9.17, 15) is 0 Å². The molecule has 0 radical (unpaired) electrons. The van der Waals surface area contributed by atoms with Crippen molar-refractivity contribution in [1.82, 2.24) is 4.90 Å². The lowest BCUT2D eigenvalue weighted by Gasteiger charge is -2.23. The van der Waals surface area contributed by atoms with Crippen LogP contribution in [0.3, 0.4) is 0 Å². The van der Waals surface area contributed by atoms with Crippen molar-refractivity contribution in [2.24, 2.45) is 0 Å². The first-order valence-corrected chi connectivity index (χ1v) is 4.32. The first kappa shape index (κ1) is 6.98. The standard InChI is InChI=1S/C7H11NS/c1-2-3-8-4-6-9-7-5-8/h1H,3-7H2. The van der Waals surface area contributed by atoms with Gasteiger partial charge in [0.1, 0.15) is 0 Å². The van der Waals surface area contributed by atoms with E-state index in [1.165, 1.54) is 24.6 Å². The zero-order valence-electron chi connectivity index (χ0n) is 5.47. The number of thioether (sulfide) groups is 1. The number of terminal acetylenes is 1. The molecule has 0 spiro atoms. The van der Waals surface area contributed by atoms with Gasteiger partial charge in [0.15, 0.2) is 0 Å². The summed E-state index contributed by atoms with van der Waals surface area (Å²) in [7, 11) is 0. The molecule has 1 nitrogen and oxygen atoms in total. The second-order valence-corrected chi connectivity index (χ2v) is 3.32. The van der Waals surface area contributed by atoms with Crippen LogP contribution in [-0.4, -0.2) is 36.0 Å². The Labute approximate surface area is 60.8 Å². The minimum atomic E-state index is 0.834. The van der Waals surface area contributed by atoms with Crippen molar-refractivity contribution in [3.63, 3.8) is 0 Å². The van der Waals surface area contributed by atoms with E-state index in [1.807, 2.05) is 11.8 Å². The van der Waals surface area contributed by atoms with Crippen molar-refractivity contribution >= 4 is 11.8 Å². The van der Waals surface area contributed by atoms with Gasteiger partial charge in [0.2, 0.25) is 0 Å². The summed E-state index contributed by atoms with van der Waals surface area (Å²) in [5.41, 5.74) is 0. The maximum Gasteiger partial charge on any atom is 0.0599 e.